The highest BCUT2D eigenvalue weighted by atomic mass is 15.1. The minimum Gasteiger partial charge on any atom is -0.378 e. The van der Waals surface area contributed by atoms with Gasteiger partial charge in [0.1, 0.15) is 0 Å². The van der Waals surface area contributed by atoms with Gasteiger partial charge < -0.3 is 10.2 Å². The molecule has 0 radical (unpaired) electrons. The van der Waals surface area contributed by atoms with E-state index in [1.165, 1.54) is 0 Å². The number of pyridine rings is 1. The van der Waals surface area contributed by atoms with Gasteiger partial charge in [0.2, 0.25) is 0 Å². The molecule has 0 aliphatic heterocycles. The average molecular weight is 252 g/mol. The van der Waals surface area contributed by atoms with Crippen LogP contribution in [0, 0.1) is 11.3 Å². The van der Waals surface area contributed by atoms with Gasteiger partial charge in [-0.15, -0.1) is 0 Å². The van der Waals surface area contributed by atoms with Gasteiger partial charge in [0.15, 0.2) is 0 Å². The minimum atomic E-state index is 0.669. The van der Waals surface area contributed by atoms with Gasteiger partial charge >= 0.3 is 0 Å². The molecule has 0 saturated carbocycles. The smallest absolute Gasteiger partial charge is 0.0991 e. The van der Waals surface area contributed by atoms with E-state index < -0.39 is 0 Å². The highest BCUT2D eigenvalue weighted by Gasteiger charge is 2.04. The maximum atomic E-state index is 8.88. The van der Waals surface area contributed by atoms with Crippen molar-refractivity contribution in [3.05, 3.63) is 53.9 Å². The first-order chi connectivity index (χ1) is 9.20. The highest BCUT2D eigenvalue weighted by molar-refractivity contribution is 5.68. The lowest BCUT2D eigenvalue weighted by atomic mass is 10.1. The maximum Gasteiger partial charge on any atom is 0.0991 e. The quantitative estimate of drug-likeness (QED) is 0.908. The van der Waals surface area contributed by atoms with Crippen molar-refractivity contribution in [2.45, 2.75) is 6.54 Å². The summed E-state index contributed by atoms with van der Waals surface area (Å²) in [5.41, 5.74) is 3.83. The molecule has 0 aliphatic rings. The van der Waals surface area contributed by atoms with Crippen LogP contribution in [0.2, 0.25) is 0 Å². The monoisotopic (exact) mass is 252 g/mol. The zero-order valence-electron chi connectivity index (χ0n) is 11.1. The SMILES string of the molecule is CN(C)c1ccncc1NCc1cccc(C#N)c1. The number of nitriles is 1. The number of hydrogen-bond acceptors (Lipinski definition) is 4. The Kier molecular flexibility index (Phi) is 3.99. The van der Waals surface area contributed by atoms with Crippen molar-refractivity contribution in [1.82, 2.24) is 4.98 Å². The molecule has 0 unspecified atom stereocenters. The summed E-state index contributed by atoms with van der Waals surface area (Å²) in [7, 11) is 3.99. The predicted octanol–water partition coefficient (Wildman–Crippen LogP) is 2.63. The summed E-state index contributed by atoms with van der Waals surface area (Å²) < 4.78 is 0. The largest absolute Gasteiger partial charge is 0.378 e. The van der Waals surface area contributed by atoms with Crippen molar-refractivity contribution in [3.63, 3.8) is 0 Å². The van der Waals surface area contributed by atoms with E-state index in [4.69, 9.17) is 5.26 Å². The van der Waals surface area contributed by atoms with E-state index in [-0.39, 0.29) is 0 Å². The Balaban J connectivity index is 2.12. The number of aromatic nitrogens is 1. The standard InChI is InChI=1S/C15H16N4/c1-19(2)15-6-7-17-11-14(15)18-10-13-5-3-4-12(8-13)9-16/h3-8,11,18H,10H2,1-2H3. The summed E-state index contributed by atoms with van der Waals surface area (Å²) in [6, 6.07) is 11.7. The van der Waals surface area contributed by atoms with Crippen molar-refractivity contribution < 1.29 is 0 Å². The first kappa shape index (κ1) is 12.9. The number of nitrogens with zero attached hydrogens (tertiary/aromatic N) is 3. The first-order valence-corrected chi connectivity index (χ1v) is 6.05. The van der Waals surface area contributed by atoms with E-state index in [2.05, 4.69) is 16.4 Å². The van der Waals surface area contributed by atoms with Crippen LogP contribution in [0.15, 0.2) is 42.7 Å². The van der Waals surface area contributed by atoms with Crippen molar-refractivity contribution in [1.29, 1.82) is 5.26 Å². The van der Waals surface area contributed by atoms with Crippen LogP contribution < -0.4 is 10.2 Å². The van der Waals surface area contributed by atoms with E-state index in [0.717, 1.165) is 16.9 Å². The molecule has 0 atom stereocenters. The second kappa shape index (κ2) is 5.87. The molecule has 0 spiro atoms. The number of benzene rings is 1. The maximum absolute atomic E-state index is 8.88. The Morgan fingerprint density at radius 2 is 2.16 bits per heavy atom. The van der Waals surface area contributed by atoms with Gasteiger partial charge in [0.25, 0.3) is 0 Å². The second-order valence-corrected chi connectivity index (χ2v) is 4.45. The molecule has 1 heterocycles. The number of rotatable bonds is 4. The first-order valence-electron chi connectivity index (χ1n) is 6.05. The predicted molar refractivity (Wildman–Crippen MR) is 77.0 cm³/mol. The molecule has 2 aromatic rings. The van der Waals surface area contributed by atoms with Gasteiger partial charge in [-0.1, -0.05) is 12.1 Å². The summed E-state index contributed by atoms with van der Waals surface area (Å²) in [4.78, 5) is 6.17. The van der Waals surface area contributed by atoms with Gasteiger partial charge in [-0.2, -0.15) is 5.26 Å². The Morgan fingerprint density at radius 3 is 2.89 bits per heavy atom. The summed E-state index contributed by atoms with van der Waals surface area (Å²) in [6.45, 7) is 0.669. The van der Waals surface area contributed by atoms with E-state index >= 15 is 0 Å². The Morgan fingerprint density at radius 1 is 1.32 bits per heavy atom. The molecule has 0 fully saturated rings. The fourth-order valence-corrected chi connectivity index (χ4v) is 1.86. The number of nitrogens with one attached hydrogen (secondary N) is 1. The summed E-state index contributed by atoms with van der Waals surface area (Å²) in [5.74, 6) is 0. The Bertz CT molecular complexity index is 599. The molecule has 0 amide bonds. The molecule has 1 aromatic carbocycles. The van der Waals surface area contributed by atoms with Crippen LogP contribution >= 0.6 is 0 Å². The fourth-order valence-electron chi connectivity index (χ4n) is 1.86. The molecule has 0 bridgehead atoms. The third-order valence-electron chi connectivity index (χ3n) is 2.82. The molecular weight excluding hydrogens is 236 g/mol. The molecule has 1 aromatic heterocycles. The van der Waals surface area contributed by atoms with E-state index in [0.29, 0.717) is 12.1 Å². The third-order valence-corrected chi connectivity index (χ3v) is 2.82. The zero-order chi connectivity index (χ0) is 13.7. The summed E-state index contributed by atoms with van der Waals surface area (Å²) >= 11 is 0. The van der Waals surface area contributed by atoms with E-state index in [9.17, 15) is 0 Å². The van der Waals surface area contributed by atoms with Crippen LogP contribution in [0.25, 0.3) is 0 Å². The molecule has 4 nitrogen and oxygen atoms in total. The van der Waals surface area contributed by atoms with Crippen molar-refractivity contribution in [3.8, 4) is 6.07 Å². The lowest BCUT2D eigenvalue weighted by molar-refractivity contribution is 1.09. The highest BCUT2D eigenvalue weighted by Crippen LogP contribution is 2.22. The second-order valence-electron chi connectivity index (χ2n) is 4.45. The molecule has 0 aliphatic carbocycles. The van der Waals surface area contributed by atoms with E-state index in [1.807, 2.05) is 49.5 Å². The van der Waals surface area contributed by atoms with E-state index in [1.54, 1.807) is 12.3 Å². The molecule has 96 valence electrons. The molecular formula is C15H16N4. The van der Waals surface area contributed by atoms with Gasteiger partial charge in [0.05, 0.1) is 29.2 Å². The normalized spacial score (nSPS) is 9.74. The van der Waals surface area contributed by atoms with Gasteiger partial charge in [0, 0.05) is 26.8 Å². The molecule has 1 N–H and O–H groups in total. The van der Waals surface area contributed by atoms with Crippen molar-refractivity contribution in [2.75, 3.05) is 24.3 Å². The average Bonchev–Trinajstić information content (AvgIpc) is 2.45. The summed E-state index contributed by atoms with van der Waals surface area (Å²) in [6.07, 6.45) is 3.58. The van der Waals surface area contributed by atoms with Gasteiger partial charge in [-0.25, -0.2) is 0 Å². The van der Waals surface area contributed by atoms with Crippen LogP contribution in [-0.2, 0) is 6.54 Å². The van der Waals surface area contributed by atoms with Crippen LogP contribution in [0.1, 0.15) is 11.1 Å². The lowest BCUT2D eigenvalue weighted by Gasteiger charge is -2.17. The van der Waals surface area contributed by atoms with Crippen molar-refractivity contribution in [2.24, 2.45) is 0 Å². The Labute approximate surface area is 113 Å². The lowest BCUT2D eigenvalue weighted by Crippen LogP contribution is -2.12. The number of hydrogen-bond donors (Lipinski definition) is 1. The summed E-state index contributed by atoms with van der Waals surface area (Å²) in [5, 5.41) is 12.2. The van der Waals surface area contributed by atoms with Gasteiger partial charge in [-0.3, -0.25) is 4.98 Å². The zero-order valence-corrected chi connectivity index (χ0v) is 11.1. The van der Waals surface area contributed by atoms with Crippen LogP contribution in [-0.4, -0.2) is 19.1 Å². The topological polar surface area (TPSA) is 52.0 Å². The number of anilines is 2. The Hall–Kier alpha value is -2.54. The van der Waals surface area contributed by atoms with Crippen LogP contribution in [0.3, 0.4) is 0 Å². The fraction of sp³-hybridized carbons (Fsp3) is 0.200. The van der Waals surface area contributed by atoms with Crippen molar-refractivity contribution >= 4 is 11.4 Å². The molecule has 0 saturated heterocycles. The molecule has 19 heavy (non-hydrogen) atoms. The molecule has 4 heteroatoms. The minimum absolute atomic E-state index is 0.669. The van der Waals surface area contributed by atoms with Gasteiger partial charge in [-0.05, 0) is 23.8 Å². The van der Waals surface area contributed by atoms with Crippen LogP contribution in [0.4, 0.5) is 11.4 Å². The third kappa shape index (κ3) is 3.23. The molecule has 2 rings (SSSR count). The van der Waals surface area contributed by atoms with Crippen LogP contribution in [0.5, 0.6) is 0 Å².